The first-order chi connectivity index (χ1) is 9.82. The molecule has 0 spiro atoms. The molecule has 0 amide bonds. The predicted molar refractivity (Wildman–Crippen MR) is 91.1 cm³/mol. The third-order valence-electron chi connectivity index (χ3n) is 3.42. The largest absolute Gasteiger partial charge is 0.312 e. The summed E-state index contributed by atoms with van der Waals surface area (Å²) in [6.45, 7) is 18.6. The first-order valence-electron chi connectivity index (χ1n) is 7.83. The van der Waals surface area contributed by atoms with E-state index in [1.54, 1.807) is 0 Å². The molecule has 0 aliphatic rings. The first-order valence-corrected chi connectivity index (χ1v) is 7.83. The number of hydrogen-bond acceptors (Lipinski definition) is 3. The topological polar surface area (TPSA) is 28.2 Å². The molecule has 1 N–H and O–H groups in total. The monoisotopic (exact) mass is 289 g/mol. The molecule has 1 rings (SSSR count). The quantitative estimate of drug-likeness (QED) is 0.741. The fraction of sp³-hybridized carbons (Fsp3) is 0.611. The van der Waals surface area contributed by atoms with E-state index in [1.165, 1.54) is 5.56 Å². The van der Waals surface area contributed by atoms with Gasteiger partial charge in [0.15, 0.2) is 0 Å². The number of aromatic nitrogens is 1. The van der Waals surface area contributed by atoms with Crippen molar-refractivity contribution in [1.82, 2.24) is 15.2 Å². The minimum atomic E-state index is 0.118. The molecular weight excluding hydrogens is 258 g/mol. The average Bonchev–Trinajstić information content (AvgIpc) is 2.38. The van der Waals surface area contributed by atoms with Gasteiger partial charge in [0.2, 0.25) is 0 Å². The summed E-state index contributed by atoms with van der Waals surface area (Å²) in [6.07, 6.45) is 3.94. The molecule has 3 heteroatoms. The van der Waals surface area contributed by atoms with Crippen LogP contribution in [0.15, 0.2) is 31.0 Å². The lowest BCUT2D eigenvalue weighted by atomic mass is 10.1. The lowest BCUT2D eigenvalue weighted by Gasteiger charge is -2.34. The lowest BCUT2D eigenvalue weighted by molar-refractivity contribution is 0.143. The van der Waals surface area contributed by atoms with Crippen LogP contribution in [0, 0.1) is 5.92 Å². The van der Waals surface area contributed by atoms with Crippen molar-refractivity contribution in [2.45, 2.75) is 53.2 Å². The Balaban J connectivity index is 2.58. The normalized spacial score (nSPS) is 12.1. The van der Waals surface area contributed by atoms with Gasteiger partial charge in [-0.05, 0) is 44.9 Å². The Labute approximate surface area is 130 Å². The molecule has 1 heterocycles. The molecule has 0 saturated carbocycles. The maximum Gasteiger partial charge on any atom is 0.0544 e. The fourth-order valence-electron chi connectivity index (χ4n) is 2.09. The van der Waals surface area contributed by atoms with Crippen LogP contribution in [-0.2, 0) is 13.1 Å². The zero-order valence-electron chi connectivity index (χ0n) is 14.3. The number of nitrogens with one attached hydrogen (secondary N) is 1. The second-order valence-corrected chi connectivity index (χ2v) is 7.02. The summed E-state index contributed by atoms with van der Waals surface area (Å²) in [5, 5.41) is 3.44. The molecule has 1 aromatic heterocycles. The third kappa shape index (κ3) is 6.87. The van der Waals surface area contributed by atoms with Crippen LogP contribution in [0.25, 0.3) is 0 Å². The Morgan fingerprint density at radius 2 is 2.05 bits per heavy atom. The highest BCUT2D eigenvalue weighted by atomic mass is 15.2. The maximum atomic E-state index is 4.60. The van der Waals surface area contributed by atoms with E-state index in [2.05, 4.69) is 68.5 Å². The molecule has 0 unspecified atom stereocenters. The maximum absolute atomic E-state index is 4.60. The molecule has 0 bridgehead atoms. The standard InChI is InChI=1S/C18H31N3/c1-7-10-21(18(4,5)6)14-17-9-8-16(13-20-17)12-19-11-15(2)3/h7-9,13,15,19H,1,10-12,14H2,2-6H3. The van der Waals surface area contributed by atoms with E-state index in [4.69, 9.17) is 0 Å². The van der Waals surface area contributed by atoms with E-state index < -0.39 is 0 Å². The van der Waals surface area contributed by atoms with Crippen molar-refractivity contribution in [3.63, 3.8) is 0 Å². The van der Waals surface area contributed by atoms with Crippen molar-refractivity contribution in [2.75, 3.05) is 13.1 Å². The van der Waals surface area contributed by atoms with Gasteiger partial charge in [-0.3, -0.25) is 9.88 Å². The molecule has 0 radical (unpaired) electrons. The number of hydrogen-bond donors (Lipinski definition) is 1. The molecule has 0 fully saturated rings. The summed E-state index contributed by atoms with van der Waals surface area (Å²) < 4.78 is 0. The summed E-state index contributed by atoms with van der Waals surface area (Å²) >= 11 is 0. The van der Waals surface area contributed by atoms with Crippen molar-refractivity contribution in [3.8, 4) is 0 Å². The molecule has 0 aliphatic heterocycles. The van der Waals surface area contributed by atoms with Crippen LogP contribution in [0.1, 0.15) is 45.9 Å². The molecule has 0 atom stereocenters. The van der Waals surface area contributed by atoms with Crippen LogP contribution < -0.4 is 5.32 Å². The van der Waals surface area contributed by atoms with Crippen LogP contribution >= 0.6 is 0 Å². The van der Waals surface area contributed by atoms with Crippen LogP contribution in [-0.4, -0.2) is 28.5 Å². The zero-order valence-corrected chi connectivity index (χ0v) is 14.3. The number of nitrogens with zero attached hydrogens (tertiary/aromatic N) is 2. The van der Waals surface area contributed by atoms with Gasteiger partial charge in [0.05, 0.1) is 5.69 Å². The Morgan fingerprint density at radius 1 is 1.33 bits per heavy atom. The Kier molecular flexibility index (Phi) is 7.06. The molecule has 118 valence electrons. The highest BCUT2D eigenvalue weighted by molar-refractivity contribution is 5.14. The van der Waals surface area contributed by atoms with E-state index >= 15 is 0 Å². The summed E-state index contributed by atoms with van der Waals surface area (Å²) in [4.78, 5) is 6.97. The van der Waals surface area contributed by atoms with E-state index in [0.717, 1.165) is 31.9 Å². The SMILES string of the molecule is C=CCN(Cc1ccc(CNCC(C)C)cn1)C(C)(C)C. The second-order valence-electron chi connectivity index (χ2n) is 7.02. The molecule has 0 saturated heterocycles. The van der Waals surface area contributed by atoms with Gasteiger partial charge < -0.3 is 5.32 Å². The third-order valence-corrected chi connectivity index (χ3v) is 3.42. The summed E-state index contributed by atoms with van der Waals surface area (Å²) in [5.41, 5.74) is 2.47. The minimum Gasteiger partial charge on any atom is -0.312 e. The Hall–Kier alpha value is -1.19. The van der Waals surface area contributed by atoms with E-state index in [9.17, 15) is 0 Å². The minimum absolute atomic E-state index is 0.118. The van der Waals surface area contributed by atoms with Crippen LogP contribution in [0.5, 0.6) is 0 Å². The van der Waals surface area contributed by atoms with Gasteiger partial charge >= 0.3 is 0 Å². The van der Waals surface area contributed by atoms with Gasteiger partial charge in [-0.15, -0.1) is 6.58 Å². The molecule has 21 heavy (non-hydrogen) atoms. The van der Waals surface area contributed by atoms with Gasteiger partial charge in [0, 0.05) is 31.4 Å². The smallest absolute Gasteiger partial charge is 0.0544 e. The Morgan fingerprint density at radius 3 is 2.52 bits per heavy atom. The van der Waals surface area contributed by atoms with Gasteiger partial charge in [0.1, 0.15) is 0 Å². The highest BCUT2D eigenvalue weighted by Gasteiger charge is 2.20. The van der Waals surface area contributed by atoms with Crippen LogP contribution in [0.2, 0.25) is 0 Å². The second kappa shape index (κ2) is 8.30. The van der Waals surface area contributed by atoms with Crippen molar-refractivity contribution in [2.24, 2.45) is 5.92 Å². The number of pyridine rings is 1. The molecular formula is C18H31N3. The lowest BCUT2D eigenvalue weighted by Crippen LogP contribution is -2.41. The first kappa shape index (κ1) is 17.9. The Bertz CT molecular complexity index is 415. The van der Waals surface area contributed by atoms with Gasteiger partial charge in [-0.1, -0.05) is 26.0 Å². The summed E-state index contributed by atoms with van der Waals surface area (Å²) in [7, 11) is 0. The van der Waals surface area contributed by atoms with Gasteiger partial charge in [-0.2, -0.15) is 0 Å². The molecule has 1 aromatic rings. The van der Waals surface area contributed by atoms with Crippen LogP contribution in [0.3, 0.4) is 0 Å². The summed E-state index contributed by atoms with van der Waals surface area (Å²) in [5.74, 6) is 0.677. The average molecular weight is 289 g/mol. The zero-order chi connectivity index (χ0) is 15.9. The van der Waals surface area contributed by atoms with E-state index in [-0.39, 0.29) is 5.54 Å². The molecule has 0 aromatic carbocycles. The van der Waals surface area contributed by atoms with Crippen LogP contribution in [0.4, 0.5) is 0 Å². The molecule has 0 aliphatic carbocycles. The van der Waals surface area contributed by atoms with E-state index in [0.29, 0.717) is 5.92 Å². The fourth-order valence-corrected chi connectivity index (χ4v) is 2.09. The number of rotatable bonds is 8. The summed E-state index contributed by atoms with van der Waals surface area (Å²) in [6, 6.07) is 4.30. The van der Waals surface area contributed by atoms with Crippen molar-refractivity contribution in [3.05, 3.63) is 42.2 Å². The predicted octanol–water partition coefficient (Wildman–Crippen LogP) is 3.61. The van der Waals surface area contributed by atoms with Crippen molar-refractivity contribution >= 4 is 0 Å². The van der Waals surface area contributed by atoms with Gasteiger partial charge in [-0.25, -0.2) is 0 Å². The highest BCUT2D eigenvalue weighted by Crippen LogP contribution is 2.16. The molecule has 3 nitrogen and oxygen atoms in total. The van der Waals surface area contributed by atoms with Crippen molar-refractivity contribution in [1.29, 1.82) is 0 Å². The van der Waals surface area contributed by atoms with E-state index in [1.807, 2.05) is 12.3 Å². The van der Waals surface area contributed by atoms with Gasteiger partial charge in [0.25, 0.3) is 0 Å². The van der Waals surface area contributed by atoms with Crippen molar-refractivity contribution < 1.29 is 0 Å².